The Morgan fingerprint density at radius 1 is 0.306 bits per heavy atom. The number of rotatable bonds is 2. The molecule has 33 rings (SSSR count). The summed E-state index contributed by atoms with van der Waals surface area (Å²) in [5, 5.41) is 90.2. The van der Waals surface area contributed by atoms with Gasteiger partial charge >= 0.3 is 0 Å². The molecule has 1 unspecified atom stereocenters. The van der Waals surface area contributed by atoms with Crippen LogP contribution in [-0.2, 0) is 15.3 Å². The first-order valence-electron chi connectivity index (χ1n) is 27.4. The fraction of sp³-hybridized carbons (Fsp3) is 0.143. The lowest BCUT2D eigenvalue weighted by Crippen LogP contribution is -2.56. The van der Waals surface area contributed by atoms with Crippen molar-refractivity contribution in [2.24, 2.45) is 0 Å². The molecule has 5 aliphatic rings. The minimum absolute atomic E-state index is 0.0423. The van der Waals surface area contributed by atoms with Crippen LogP contribution < -0.4 is 0 Å². The zero-order chi connectivity index (χ0) is 43.9. The molecule has 0 saturated carbocycles. The molecule has 310 valence electrons. The summed E-state index contributed by atoms with van der Waals surface area (Å²) in [4.78, 5) is 0. The van der Waals surface area contributed by atoms with Gasteiger partial charge in [0.15, 0.2) is 8.32 Å². The van der Waals surface area contributed by atoms with Crippen molar-refractivity contribution in [3.63, 3.8) is 0 Å². The molecule has 0 bridgehead atoms. The third-order valence-corrected chi connectivity index (χ3v) is 31.4. The molecule has 2 spiro atoms. The summed E-state index contributed by atoms with van der Waals surface area (Å²) in [5.41, 5.74) is 6.36. The van der Waals surface area contributed by atoms with Gasteiger partial charge in [-0.3, -0.25) is 0 Å². The second-order valence-electron chi connectivity index (χ2n) is 28.4. The molecule has 28 aromatic carbocycles. The summed E-state index contributed by atoms with van der Waals surface area (Å²) in [7, 11) is -2.20. The fourth-order valence-electron chi connectivity index (χ4n) is 25.4. The summed E-state index contributed by atoms with van der Waals surface area (Å²) < 4.78 is 7.94. The molecule has 0 radical (unpaired) electrons. The summed E-state index contributed by atoms with van der Waals surface area (Å²) in [6.45, 7) is 12.4. The van der Waals surface area contributed by atoms with Gasteiger partial charge in [0.1, 0.15) is 0 Å². The van der Waals surface area contributed by atoms with Crippen molar-refractivity contribution >= 4 is 299 Å². The molecular formula is C70H20OSi. The van der Waals surface area contributed by atoms with E-state index in [1.54, 1.807) is 313 Å². The van der Waals surface area contributed by atoms with Crippen LogP contribution in [0.25, 0.3) is 291 Å². The lowest BCUT2D eigenvalue weighted by Gasteiger charge is -2.56. The molecule has 2 heteroatoms. The van der Waals surface area contributed by atoms with Crippen molar-refractivity contribution in [1.82, 2.24) is 0 Å². The molecule has 1 nitrogen and oxygen atoms in total. The number of hydrogen-bond donors (Lipinski definition) is 0. The van der Waals surface area contributed by atoms with E-state index in [9.17, 15) is 0 Å². The quantitative estimate of drug-likeness (QED) is 0.0954. The van der Waals surface area contributed by atoms with Gasteiger partial charge in [-0.2, -0.15) is 0 Å². The van der Waals surface area contributed by atoms with Crippen LogP contribution in [0, 0.1) is 0 Å². The van der Waals surface area contributed by atoms with Crippen LogP contribution in [0.2, 0.25) is 18.1 Å². The van der Waals surface area contributed by atoms with Gasteiger partial charge < -0.3 is 4.43 Å². The molecule has 1 atom stereocenters. The average Bonchev–Trinajstić information content (AvgIpc) is 4.36. The van der Waals surface area contributed by atoms with E-state index >= 15 is 0 Å². The first-order valence-corrected chi connectivity index (χ1v) is 30.3. The fourth-order valence-corrected chi connectivity index (χ4v) is 26.7. The molecule has 0 heterocycles. The predicted octanol–water partition coefficient (Wildman–Crippen LogP) is 19.6. The van der Waals surface area contributed by atoms with Crippen LogP contribution in [0.4, 0.5) is 0 Å². The molecule has 0 amide bonds. The summed E-state index contributed by atoms with van der Waals surface area (Å²) >= 11 is 0. The third kappa shape index (κ3) is 1.54. The summed E-state index contributed by atoms with van der Waals surface area (Å²) in [6.07, 6.45) is 6.67. The van der Waals surface area contributed by atoms with Crippen molar-refractivity contribution in [3.8, 4) is 0 Å². The number of allylic oxidation sites excluding steroid dienone is 1. The lowest BCUT2D eigenvalue weighted by molar-refractivity contribution is 0.160. The van der Waals surface area contributed by atoms with Crippen molar-refractivity contribution in [1.29, 1.82) is 0 Å². The Morgan fingerprint density at radius 2 is 0.486 bits per heavy atom. The van der Waals surface area contributed by atoms with E-state index in [2.05, 4.69) is 46.0 Å². The highest BCUT2D eigenvalue weighted by molar-refractivity contribution is 6.82. The SMILES string of the molecule is CC(C)(C)[Si](C)(C)OC1C=CC23c4c5c6c7c8c9c(c%10c%11c2c2c4c4c%12c5c5c6c6c8c8c%13c9c9c%10c%10c%11c%11c2c2c4c4c%12c%12c5c5c6c8c6c8c%13c9c9c%10c%10c%11c2c2c4c4c%12c5c6c5c8c9c%10c2c45)C73C1. The second-order valence-corrected chi connectivity index (χ2v) is 33.2. The molecular weight excluding hydrogens is 885 g/mol. The van der Waals surface area contributed by atoms with Crippen molar-refractivity contribution in [2.75, 3.05) is 0 Å². The van der Waals surface area contributed by atoms with Gasteiger partial charge in [0.05, 0.1) is 11.5 Å². The molecule has 5 aliphatic carbocycles. The van der Waals surface area contributed by atoms with Crippen LogP contribution in [0.15, 0.2) is 12.2 Å². The molecule has 0 aromatic heterocycles. The van der Waals surface area contributed by atoms with Crippen LogP contribution in [0.5, 0.6) is 0 Å². The smallest absolute Gasteiger partial charge is 0.192 e. The van der Waals surface area contributed by atoms with E-state index in [-0.39, 0.29) is 22.0 Å². The van der Waals surface area contributed by atoms with E-state index in [4.69, 9.17) is 4.43 Å². The first kappa shape index (κ1) is 28.4. The van der Waals surface area contributed by atoms with Gasteiger partial charge in [-0.25, -0.2) is 0 Å². The molecule has 0 fully saturated rings. The maximum Gasteiger partial charge on any atom is 0.192 e. The largest absolute Gasteiger partial charge is 0.411 e. The zero-order valence-corrected chi connectivity index (χ0v) is 39.8. The predicted molar refractivity (Wildman–Crippen MR) is 310 cm³/mol. The number of hydrogen-bond acceptors (Lipinski definition) is 1. The Morgan fingerprint density at radius 3 is 0.681 bits per heavy atom. The van der Waals surface area contributed by atoms with E-state index in [1.165, 1.54) is 0 Å². The van der Waals surface area contributed by atoms with E-state index in [0.717, 1.165) is 6.42 Å². The van der Waals surface area contributed by atoms with Gasteiger partial charge in [-0.1, -0.05) is 32.9 Å². The average molecular weight is 905 g/mol. The van der Waals surface area contributed by atoms with Crippen LogP contribution in [-0.4, -0.2) is 14.4 Å². The standard InChI is InChI=1S/C70H20OSi/c1-68(2,3)72(4,5)71-9-6-7-69-64-56-48-38-28-20-12-10-11-14-18-16(12)24-32-26(18)36-30-22(14)23-15(11)19-17-13(10)21(20)29-35-25(17)33-27(19)37-31(23)41-40(30)50-44(36)54-46(32)52(42(48)34(24)28)58(64)60(54)66-62(50)63-51(41)45(37)55-47(33)53-43(35)49(39(29)38)57(56)65(69)59(53)61(55)67(63)70(66,69)8-9/h6-7,9H,8H2,1-5H3. The molecule has 0 aliphatic heterocycles. The van der Waals surface area contributed by atoms with E-state index in [0.29, 0.717) is 0 Å². The Hall–Kier alpha value is -7.62. The topological polar surface area (TPSA) is 9.23 Å². The van der Waals surface area contributed by atoms with E-state index < -0.39 is 8.32 Å². The van der Waals surface area contributed by atoms with Crippen molar-refractivity contribution in [3.05, 3.63) is 34.4 Å². The lowest BCUT2D eigenvalue weighted by atomic mass is 9.45. The molecule has 0 N–H and O–H groups in total. The number of benzene rings is 18. The highest BCUT2D eigenvalue weighted by Gasteiger charge is 2.70. The Bertz CT molecular complexity index is 7110. The second kappa shape index (κ2) is 6.33. The van der Waals surface area contributed by atoms with Gasteiger partial charge in [0.25, 0.3) is 0 Å². The monoisotopic (exact) mass is 904 g/mol. The van der Waals surface area contributed by atoms with Crippen molar-refractivity contribution < 1.29 is 4.43 Å². The van der Waals surface area contributed by atoms with Crippen LogP contribution >= 0.6 is 0 Å². The Labute approximate surface area is 398 Å². The summed E-state index contributed by atoms with van der Waals surface area (Å²) in [5.74, 6) is 0. The highest BCUT2D eigenvalue weighted by atomic mass is 28.4. The molecule has 28 aromatic rings. The van der Waals surface area contributed by atoms with Gasteiger partial charge in [-0.05, 0) is 338 Å². The Balaban J connectivity index is 1.12. The first-order chi connectivity index (χ1) is 35.3. The van der Waals surface area contributed by atoms with Crippen molar-refractivity contribution in [2.45, 2.75) is 62.3 Å². The Kier molecular flexibility index (Phi) is 2.50. The summed E-state index contributed by atoms with van der Waals surface area (Å²) in [6, 6.07) is 0. The minimum Gasteiger partial charge on any atom is -0.411 e. The minimum atomic E-state index is -2.20. The van der Waals surface area contributed by atoms with Gasteiger partial charge in [0.2, 0.25) is 0 Å². The maximum atomic E-state index is 7.94. The normalized spacial score (nSPS) is 23.8. The molecule has 0 saturated heterocycles. The van der Waals surface area contributed by atoms with Gasteiger partial charge in [0, 0.05) is 5.41 Å². The van der Waals surface area contributed by atoms with Gasteiger partial charge in [-0.15, -0.1) is 0 Å². The zero-order valence-electron chi connectivity index (χ0n) is 38.8. The highest BCUT2D eigenvalue weighted by Crippen LogP contribution is 2.85. The van der Waals surface area contributed by atoms with Crippen LogP contribution in [0.3, 0.4) is 0 Å². The maximum absolute atomic E-state index is 7.94. The molecule has 72 heavy (non-hydrogen) atoms. The van der Waals surface area contributed by atoms with Crippen LogP contribution in [0.1, 0.15) is 49.4 Å². The van der Waals surface area contributed by atoms with E-state index in [1.807, 2.05) is 0 Å². The third-order valence-electron chi connectivity index (χ3n) is 26.9.